The lowest BCUT2D eigenvalue weighted by Gasteiger charge is -2.35. The largest absolute Gasteiger partial charge is 0.484 e. The first-order valence-corrected chi connectivity index (χ1v) is 11.2. The topological polar surface area (TPSA) is 97.5 Å². The summed E-state index contributed by atoms with van der Waals surface area (Å²) in [6.07, 6.45) is 2.51. The molecule has 2 heterocycles. The van der Waals surface area contributed by atoms with Crippen LogP contribution < -0.4 is 20.3 Å². The van der Waals surface area contributed by atoms with Gasteiger partial charge in [-0.25, -0.2) is 0 Å². The van der Waals surface area contributed by atoms with Crippen molar-refractivity contribution in [3.8, 4) is 11.5 Å². The Hall–Kier alpha value is -2.80. The van der Waals surface area contributed by atoms with Crippen molar-refractivity contribution in [3.05, 3.63) is 55.5 Å². The molecule has 7 nitrogen and oxygen atoms in total. The summed E-state index contributed by atoms with van der Waals surface area (Å²) in [5.74, 6) is 1.09. The van der Waals surface area contributed by atoms with E-state index in [1.165, 1.54) is 0 Å². The highest BCUT2D eigenvalue weighted by Crippen LogP contribution is 2.44. The molecule has 0 saturated heterocycles. The molecular formula is C24H27ClN2O5. The van der Waals surface area contributed by atoms with Gasteiger partial charge in [-0.15, -0.1) is 0 Å². The van der Waals surface area contributed by atoms with Crippen LogP contribution in [0.1, 0.15) is 58.4 Å². The van der Waals surface area contributed by atoms with E-state index in [1.54, 1.807) is 13.0 Å². The lowest BCUT2D eigenvalue weighted by molar-refractivity contribution is -0.121. The van der Waals surface area contributed by atoms with Crippen LogP contribution in [-0.4, -0.2) is 29.4 Å². The summed E-state index contributed by atoms with van der Waals surface area (Å²) < 4.78 is 12.2. The van der Waals surface area contributed by atoms with Crippen molar-refractivity contribution < 1.29 is 19.1 Å². The van der Waals surface area contributed by atoms with Crippen molar-refractivity contribution in [1.82, 2.24) is 10.3 Å². The summed E-state index contributed by atoms with van der Waals surface area (Å²) in [5, 5.41) is 3.12. The van der Waals surface area contributed by atoms with Crippen LogP contribution in [0, 0.1) is 26.7 Å². The van der Waals surface area contributed by atoms with Gasteiger partial charge >= 0.3 is 0 Å². The molecule has 8 heteroatoms. The number of halogens is 1. The summed E-state index contributed by atoms with van der Waals surface area (Å²) in [6, 6.07) is 3.44. The minimum Gasteiger partial charge on any atom is -0.484 e. The molecule has 1 fully saturated rings. The van der Waals surface area contributed by atoms with Crippen molar-refractivity contribution >= 4 is 23.3 Å². The third-order valence-corrected chi connectivity index (χ3v) is 6.66. The van der Waals surface area contributed by atoms with Crippen molar-refractivity contribution in [2.45, 2.75) is 59.1 Å². The minimum atomic E-state index is -0.347. The van der Waals surface area contributed by atoms with Gasteiger partial charge in [0.1, 0.15) is 18.5 Å². The van der Waals surface area contributed by atoms with Gasteiger partial charge in [0.05, 0.1) is 5.02 Å². The fourth-order valence-electron chi connectivity index (χ4n) is 4.50. The summed E-state index contributed by atoms with van der Waals surface area (Å²) >= 11 is 6.42. The van der Waals surface area contributed by atoms with Gasteiger partial charge in [0.15, 0.2) is 11.5 Å². The van der Waals surface area contributed by atoms with E-state index in [1.807, 2.05) is 19.9 Å². The van der Waals surface area contributed by atoms with Crippen molar-refractivity contribution in [3.63, 3.8) is 0 Å². The maximum Gasteiger partial charge on any atom is 0.253 e. The predicted molar refractivity (Wildman–Crippen MR) is 121 cm³/mol. The van der Waals surface area contributed by atoms with Crippen molar-refractivity contribution in [1.29, 1.82) is 0 Å². The lowest BCUT2D eigenvalue weighted by Crippen LogP contribution is -2.38. The molecule has 2 aliphatic rings. The second-order valence-electron chi connectivity index (χ2n) is 8.66. The fourth-order valence-corrected chi connectivity index (χ4v) is 4.75. The monoisotopic (exact) mass is 458 g/mol. The molecule has 1 amide bonds. The Bertz CT molecular complexity index is 1130. The smallest absolute Gasteiger partial charge is 0.253 e. The Kier molecular flexibility index (Phi) is 6.29. The number of ketones is 1. The van der Waals surface area contributed by atoms with Gasteiger partial charge in [-0.05, 0) is 51.3 Å². The predicted octanol–water partition coefficient (Wildman–Crippen LogP) is 3.78. The zero-order valence-electron chi connectivity index (χ0n) is 18.5. The van der Waals surface area contributed by atoms with E-state index < -0.39 is 0 Å². The summed E-state index contributed by atoms with van der Waals surface area (Å²) in [7, 11) is 0. The number of ether oxygens (including phenoxy) is 2. The lowest BCUT2D eigenvalue weighted by atomic mass is 9.84. The zero-order valence-corrected chi connectivity index (χ0v) is 19.2. The second-order valence-corrected chi connectivity index (χ2v) is 9.07. The first-order chi connectivity index (χ1) is 15.2. The minimum absolute atomic E-state index is 0.102. The van der Waals surface area contributed by atoms with Crippen LogP contribution in [0.5, 0.6) is 11.5 Å². The molecule has 2 N–H and O–H groups in total. The molecule has 1 atom stereocenters. The van der Waals surface area contributed by atoms with Gasteiger partial charge in [-0.2, -0.15) is 0 Å². The number of nitrogens with one attached hydrogen (secondary N) is 2. The summed E-state index contributed by atoms with van der Waals surface area (Å²) in [5.41, 5.74) is 2.89. The molecule has 1 aromatic heterocycles. The average Bonchev–Trinajstić information content (AvgIpc) is 2.75. The average molecular weight is 459 g/mol. The molecule has 2 aromatic rings. The molecule has 1 aromatic carbocycles. The van der Waals surface area contributed by atoms with Crippen LogP contribution in [0.4, 0.5) is 0 Å². The molecule has 1 aliphatic carbocycles. The number of benzene rings is 1. The van der Waals surface area contributed by atoms with Crippen LogP contribution in [-0.2, 0) is 11.3 Å². The number of hydrogen-bond donors (Lipinski definition) is 2. The second kappa shape index (κ2) is 8.98. The molecule has 170 valence electrons. The number of aromatic nitrogens is 1. The Labute approximate surface area is 191 Å². The normalized spacial score (nSPS) is 18.5. The molecular weight excluding hydrogens is 432 g/mol. The number of amides is 1. The van der Waals surface area contributed by atoms with Crippen LogP contribution in [0.25, 0.3) is 0 Å². The number of carbonyl (C=O) groups is 2. The first-order valence-electron chi connectivity index (χ1n) is 10.9. The molecule has 0 unspecified atom stereocenters. The third kappa shape index (κ3) is 4.39. The highest BCUT2D eigenvalue weighted by molar-refractivity contribution is 6.32. The van der Waals surface area contributed by atoms with Crippen molar-refractivity contribution in [2.24, 2.45) is 5.92 Å². The highest BCUT2D eigenvalue weighted by Gasteiger charge is 2.34. The van der Waals surface area contributed by atoms with Gasteiger partial charge in [0.2, 0.25) is 0 Å². The van der Waals surface area contributed by atoms with E-state index in [0.717, 1.165) is 24.1 Å². The molecule has 32 heavy (non-hydrogen) atoms. The SMILES string of the molecule is Cc1cc(C)c(CNC(=O)c2cc(Cl)c3c(c2C)O[C@@H](C2CCC(=O)CC2)CO3)c(=O)[nH]1. The number of aryl methyl sites for hydroxylation is 2. The van der Waals surface area contributed by atoms with E-state index in [-0.39, 0.29) is 30.0 Å². The molecule has 4 rings (SSSR count). The van der Waals surface area contributed by atoms with Crippen LogP contribution in [0.15, 0.2) is 16.9 Å². The quantitative estimate of drug-likeness (QED) is 0.726. The summed E-state index contributed by atoms with van der Waals surface area (Å²) in [4.78, 5) is 39.5. The Morgan fingerprint density at radius 3 is 2.56 bits per heavy atom. The fraction of sp³-hybridized carbons (Fsp3) is 0.458. The first kappa shape index (κ1) is 22.4. The van der Waals surface area contributed by atoms with E-state index in [9.17, 15) is 14.4 Å². The number of H-pyrrole nitrogens is 1. The van der Waals surface area contributed by atoms with E-state index in [4.69, 9.17) is 21.1 Å². The van der Waals surface area contributed by atoms with Crippen molar-refractivity contribution in [2.75, 3.05) is 6.61 Å². The Morgan fingerprint density at radius 2 is 1.88 bits per heavy atom. The van der Waals surface area contributed by atoms with E-state index in [0.29, 0.717) is 58.4 Å². The number of hydrogen-bond acceptors (Lipinski definition) is 5. The Morgan fingerprint density at radius 1 is 1.16 bits per heavy atom. The zero-order chi connectivity index (χ0) is 23.0. The van der Waals surface area contributed by atoms with E-state index in [2.05, 4.69) is 10.3 Å². The van der Waals surface area contributed by atoms with Crippen LogP contribution in [0.2, 0.25) is 5.02 Å². The van der Waals surface area contributed by atoms with Gasteiger partial charge in [-0.3, -0.25) is 14.4 Å². The molecule has 1 aliphatic heterocycles. The van der Waals surface area contributed by atoms with Gasteiger partial charge in [-0.1, -0.05) is 11.6 Å². The standard InChI is InChI=1S/C24H27ClN2O5/c1-12-8-13(2)27-24(30)18(12)10-26-23(29)17-9-19(25)22-21(14(17)3)32-20(11-31-22)15-4-6-16(28)7-5-15/h8-9,15,20H,4-7,10-11H2,1-3H3,(H,26,29)(H,27,30)/t20-/m1/s1. The third-order valence-electron chi connectivity index (χ3n) is 6.38. The molecule has 0 bridgehead atoms. The maximum absolute atomic E-state index is 13.0. The number of rotatable bonds is 4. The van der Waals surface area contributed by atoms with Crippen LogP contribution in [0.3, 0.4) is 0 Å². The molecule has 0 spiro atoms. The number of fused-ring (bicyclic) bond motifs is 1. The highest BCUT2D eigenvalue weighted by atomic mass is 35.5. The van der Waals surface area contributed by atoms with Gasteiger partial charge in [0, 0.05) is 47.7 Å². The Balaban J connectivity index is 1.54. The van der Waals surface area contributed by atoms with E-state index >= 15 is 0 Å². The number of pyridine rings is 1. The van der Waals surface area contributed by atoms with Gasteiger partial charge < -0.3 is 19.8 Å². The number of carbonyl (C=O) groups excluding carboxylic acids is 2. The molecule has 1 saturated carbocycles. The number of Topliss-reactive ketones (excluding diaryl/α,β-unsaturated/α-hetero) is 1. The van der Waals surface area contributed by atoms with Crippen LogP contribution >= 0.6 is 11.6 Å². The van der Waals surface area contributed by atoms with Gasteiger partial charge in [0.25, 0.3) is 11.5 Å². The summed E-state index contributed by atoms with van der Waals surface area (Å²) in [6.45, 7) is 5.92. The maximum atomic E-state index is 13.0. The molecule has 0 radical (unpaired) electrons. The number of aromatic amines is 1.